The van der Waals surface area contributed by atoms with Gasteiger partial charge >= 0.3 is 0 Å². The molecule has 0 aromatic heterocycles. The molecule has 154 valence electrons. The van der Waals surface area contributed by atoms with Gasteiger partial charge in [-0.05, 0) is 40.5 Å². The zero-order chi connectivity index (χ0) is 21.5. The predicted molar refractivity (Wildman–Crippen MR) is 115 cm³/mol. The number of hydrogen-bond donors (Lipinski definition) is 1. The van der Waals surface area contributed by atoms with Crippen molar-refractivity contribution in [3.05, 3.63) is 100 Å². The Morgan fingerprint density at radius 2 is 1.52 bits per heavy atom. The minimum atomic E-state index is -0.632. The molecule has 2 unspecified atom stereocenters. The number of amides is 2. The first-order valence-corrected chi connectivity index (χ1v) is 10.3. The van der Waals surface area contributed by atoms with E-state index >= 15 is 0 Å². The van der Waals surface area contributed by atoms with Gasteiger partial charge in [-0.15, -0.1) is 0 Å². The molecule has 1 aliphatic heterocycles. The lowest BCUT2D eigenvalue weighted by molar-refractivity contribution is -0.123. The molecule has 0 spiro atoms. The van der Waals surface area contributed by atoms with Crippen LogP contribution >= 0.6 is 0 Å². The van der Waals surface area contributed by atoms with Crippen LogP contribution in [0.25, 0.3) is 0 Å². The second-order valence-electron chi connectivity index (χ2n) is 8.66. The molecule has 0 radical (unpaired) electrons. The summed E-state index contributed by atoms with van der Waals surface area (Å²) in [6, 6.07) is 22.1. The second-order valence-corrected chi connectivity index (χ2v) is 8.66. The van der Waals surface area contributed by atoms with Crippen molar-refractivity contribution in [2.24, 2.45) is 11.8 Å². The quantitative estimate of drug-likeness (QED) is 0.510. The Morgan fingerprint density at radius 1 is 0.903 bits per heavy atom. The van der Waals surface area contributed by atoms with Crippen molar-refractivity contribution in [3.63, 3.8) is 0 Å². The van der Waals surface area contributed by atoms with Gasteiger partial charge in [0, 0.05) is 11.3 Å². The van der Waals surface area contributed by atoms with Crippen LogP contribution < -0.4 is 10.1 Å². The van der Waals surface area contributed by atoms with Gasteiger partial charge in [0.1, 0.15) is 0 Å². The van der Waals surface area contributed by atoms with Gasteiger partial charge in [0.2, 0.25) is 11.8 Å². The van der Waals surface area contributed by atoms with E-state index in [0.717, 1.165) is 22.3 Å². The van der Waals surface area contributed by atoms with Crippen LogP contribution in [-0.4, -0.2) is 17.0 Å². The molecule has 31 heavy (non-hydrogen) atoms. The summed E-state index contributed by atoms with van der Waals surface area (Å²) in [6.07, 6.45) is 0. The third kappa shape index (κ3) is 2.13. The van der Waals surface area contributed by atoms with Gasteiger partial charge in [-0.1, -0.05) is 61.5 Å². The molecule has 1 heterocycles. The fourth-order valence-corrected chi connectivity index (χ4v) is 6.16. The van der Waals surface area contributed by atoms with E-state index in [0.29, 0.717) is 5.69 Å². The third-order valence-electron chi connectivity index (χ3n) is 7.35. The van der Waals surface area contributed by atoms with E-state index in [1.165, 1.54) is 17.0 Å². The smallest absolute Gasteiger partial charge is 0.238 e. The van der Waals surface area contributed by atoms with E-state index < -0.39 is 17.3 Å². The summed E-state index contributed by atoms with van der Waals surface area (Å²) < 4.78 is 0. The zero-order valence-corrected chi connectivity index (χ0v) is 16.7. The maximum Gasteiger partial charge on any atom is 0.238 e. The molecule has 2 bridgehead atoms. The Labute approximate surface area is 178 Å². The Morgan fingerprint density at radius 3 is 2.13 bits per heavy atom. The van der Waals surface area contributed by atoms with E-state index in [9.17, 15) is 20.0 Å². The third-order valence-corrected chi connectivity index (χ3v) is 7.35. The Hall–Kier alpha value is -3.48. The van der Waals surface area contributed by atoms with Crippen molar-refractivity contribution in [1.82, 2.24) is 0 Å². The van der Waals surface area contributed by atoms with Gasteiger partial charge in [0.15, 0.2) is 0 Å². The van der Waals surface area contributed by atoms with Crippen molar-refractivity contribution in [3.8, 4) is 0 Å². The number of anilines is 2. The van der Waals surface area contributed by atoms with E-state index in [1.807, 2.05) is 24.3 Å². The summed E-state index contributed by atoms with van der Waals surface area (Å²) >= 11 is 0. The number of carbonyl (C=O) groups excluding carboxylic acids is 2. The van der Waals surface area contributed by atoms with Crippen molar-refractivity contribution < 1.29 is 14.8 Å². The molecule has 3 aliphatic carbocycles. The largest absolute Gasteiger partial charge is 0.733 e. The molecule has 6 heteroatoms. The highest BCUT2D eigenvalue weighted by Gasteiger charge is 2.66. The van der Waals surface area contributed by atoms with Crippen molar-refractivity contribution in [1.29, 1.82) is 0 Å². The van der Waals surface area contributed by atoms with Crippen molar-refractivity contribution in [2.75, 3.05) is 10.1 Å². The number of benzene rings is 3. The summed E-state index contributed by atoms with van der Waals surface area (Å²) in [6.45, 7) is 2.07. The second kappa shape index (κ2) is 6.03. The summed E-state index contributed by atoms with van der Waals surface area (Å²) in [7, 11) is 0. The van der Waals surface area contributed by atoms with E-state index in [-0.39, 0.29) is 28.6 Å². The van der Waals surface area contributed by atoms with Crippen LogP contribution in [0.15, 0.2) is 72.8 Å². The number of rotatable bonds is 2. The number of hydrogen-bond acceptors (Lipinski definition) is 5. The van der Waals surface area contributed by atoms with Gasteiger partial charge in [0.05, 0.1) is 23.2 Å². The molecule has 2 amide bonds. The molecule has 1 fully saturated rings. The molecule has 3 aromatic carbocycles. The number of carbonyl (C=O) groups is 2. The molecular formula is C25H19N2O4-. The van der Waals surface area contributed by atoms with E-state index in [4.69, 9.17) is 0 Å². The molecule has 2 atom stereocenters. The number of nitrogens with zero attached hydrogens (tertiary/aromatic N) is 2. The first kappa shape index (κ1) is 18.3. The fourth-order valence-electron chi connectivity index (χ4n) is 6.16. The van der Waals surface area contributed by atoms with Crippen LogP contribution in [0.2, 0.25) is 0 Å². The van der Waals surface area contributed by atoms with Gasteiger partial charge in [-0.3, -0.25) is 14.8 Å². The summed E-state index contributed by atoms with van der Waals surface area (Å²) in [4.78, 5) is 28.7. The maximum atomic E-state index is 13.8. The molecule has 3 aromatic rings. The minimum absolute atomic E-state index is 0.0336. The molecule has 1 saturated heterocycles. The first-order valence-electron chi connectivity index (χ1n) is 10.3. The van der Waals surface area contributed by atoms with Gasteiger partial charge < -0.3 is 10.4 Å². The van der Waals surface area contributed by atoms with Crippen LogP contribution in [0.5, 0.6) is 0 Å². The van der Waals surface area contributed by atoms with Gasteiger partial charge in [-0.25, -0.2) is 4.90 Å². The van der Waals surface area contributed by atoms with Crippen LogP contribution in [0, 0.1) is 17.0 Å². The minimum Gasteiger partial charge on any atom is -0.733 e. The molecule has 4 aliphatic rings. The molecule has 7 rings (SSSR count). The zero-order valence-electron chi connectivity index (χ0n) is 16.7. The maximum absolute atomic E-state index is 13.8. The summed E-state index contributed by atoms with van der Waals surface area (Å²) in [5, 5.41) is 20.4. The predicted octanol–water partition coefficient (Wildman–Crippen LogP) is 3.95. The van der Waals surface area contributed by atoms with Crippen LogP contribution in [0.1, 0.15) is 35.1 Å². The van der Waals surface area contributed by atoms with Crippen LogP contribution in [0.3, 0.4) is 0 Å². The summed E-state index contributed by atoms with van der Waals surface area (Å²) in [5.74, 6) is -1.76. The normalized spacial score (nSPS) is 27.7. The highest BCUT2D eigenvalue weighted by atomic mass is 16.8. The molecule has 0 saturated carbocycles. The van der Waals surface area contributed by atoms with Crippen LogP contribution in [0.4, 0.5) is 11.4 Å². The van der Waals surface area contributed by atoms with Gasteiger partial charge in [-0.2, -0.15) is 0 Å². The Balaban J connectivity index is 1.58. The fraction of sp³-hybridized carbons (Fsp3) is 0.200. The van der Waals surface area contributed by atoms with Crippen molar-refractivity contribution >= 4 is 23.2 Å². The average molecular weight is 411 g/mol. The first-order chi connectivity index (χ1) is 14.9. The molecule has 6 nitrogen and oxygen atoms in total. The monoisotopic (exact) mass is 411 g/mol. The Bertz CT molecular complexity index is 1220. The topological polar surface area (TPSA) is 83.9 Å². The Kier molecular flexibility index (Phi) is 3.56. The lowest BCUT2D eigenvalue weighted by Gasteiger charge is -2.52. The van der Waals surface area contributed by atoms with E-state index in [2.05, 4.69) is 31.2 Å². The van der Waals surface area contributed by atoms with E-state index in [1.54, 1.807) is 12.1 Å². The van der Waals surface area contributed by atoms with Crippen molar-refractivity contribution in [2.45, 2.75) is 18.3 Å². The highest BCUT2D eigenvalue weighted by molar-refractivity contribution is 6.23. The number of imide groups is 1. The van der Waals surface area contributed by atoms with Gasteiger partial charge in [0.25, 0.3) is 0 Å². The standard InChI is InChI=1S/C25H19N2O4/c1-25-18-11-4-2-9-16(18)20(17-10-3-5-12-19(17)25)21-22(25)24(29)26(23(21)28)14-7-6-8-15(13-14)27(30)31/h2-13,20-22,30H,1H3/q-1. The van der Waals surface area contributed by atoms with Crippen LogP contribution in [-0.2, 0) is 15.0 Å². The highest BCUT2D eigenvalue weighted by Crippen LogP contribution is 2.64. The lowest BCUT2D eigenvalue weighted by Crippen LogP contribution is -2.51. The lowest BCUT2D eigenvalue weighted by atomic mass is 9.48. The summed E-state index contributed by atoms with van der Waals surface area (Å²) in [5.41, 5.74) is 4.02. The SMILES string of the molecule is CC12c3ccccc3C(c3ccccc31)C1C(=O)N(c3cccc(N([O-])O)c3)C(=O)C12. The molecular weight excluding hydrogens is 392 g/mol. The average Bonchev–Trinajstić information content (AvgIpc) is 3.06. The molecule has 1 N–H and O–H groups in total.